The minimum atomic E-state index is -0.344. The molecule has 7 nitrogen and oxygen atoms in total. The summed E-state index contributed by atoms with van der Waals surface area (Å²) in [6.07, 6.45) is 3.71. The molecule has 1 N–H and O–H groups in total. The standard InChI is InChI=1S/C16H20N4O3/c1-3-19-10-13(7-18-19)20-9-12(6-15(20)21)16(22)17-8-14-5-4-11(2)23-14/h4-5,7,10,12H,3,6,8-9H2,1-2H3,(H,17,22)/t12-/m1/s1. The highest BCUT2D eigenvalue weighted by molar-refractivity contribution is 6.00. The van der Waals surface area contributed by atoms with Gasteiger partial charge < -0.3 is 14.6 Å². The van der Waals surface area contributed by atoms with Gasteiger partial charge in [-0.15, -0.1) is 0 Å². The third-order valence-corrected chi connectivity index (χ3v) is 3.98. The lowest BCUT2D eigenvalue weighted by molar-refractivity contribution is -0.126. The number of amides is 2. The Morgan fingerprint density at radius 2 is 2.30 bits per heavy atom. The van der Waals surface area contributed by atoms with E-state index in [-0.39, 0.29) is 24.2 Å². The number of furan rings is 1. The van der Waals surface area contributed by atoms with Gasteiger partial charge in [0.1, 0.15) is 11.5 Å². The van der Waals surface area contributed by atoms with E-state index in [0.717, 1.165) is 18.0 Å². The van der Waals surface area contributed by atoms with Gasteiger partial charge in [0.05, 0.1) is 24.3 Å². The van der Waals surface area contributed by atoms with Gasteiger partial charge in [0.25, 0.3) is 0 Å². The topological polar surface area (TPSA) is 80.4 Å². The average molecular weight is 316 g/mol. The Kier molecular flexibility index (Phi) is 4.18. The third-order valence-electron chi connectivity index (χ3n) is 3.98. The van der Waals surface area contributed by atoms with Crippen LogP contribution in [0.4, 0.5) is 5.69 Å². The molecule has 0 aromatic carbocycles. The van der Waals surface area contributed by atoms with Gasteiger partial charge in [0.2, 0.25) is 11.8 Å². The first kappa shape index (κ1) is 15.3. The molecule has 23 heavy (non-hydrogen) atoms. The second-order valence-electron chi connectivity index (χ2n) is 5.69. The second kappa shape index (κ2) is 6.28. The van der Waals surface area contributed by atoms with Gasteiger partial charge >= 0.3 is 0 Å². The molecule has 2 amide bonds. The fourth-order valence-corrected chi connectivity index (χ4v) is 2.70. The third kappa shape index (κ3) is 3.28. The van der Waals surface area contributed by atoms with E-state index in [1.54, 1.807) is 15.8 Å². The number of hydrogen-bond acceptors (Lipinski definition) is 4. The summed E-state index contributed by atoms with van der Waals surface area (Å²) in [7, 11) is 0. The first-order valence-electron chi connectivity index (χ1n) is 7.72. The molecule has 3 heterocycles. The lowest BCUT2D eigenvalue weighted by Crippen LogP contribution is -2.32. The van der Waals surface area contributed by atoms with Crippen molar-refractivity contribution in [2.24, 2.45) is 5.92 Å². The van der Waals surface area contributed by atoms with E-state index in [0.29, 0.717) is 18.8 Å². The van der Waals surface area contributed by atoms with Crippen LogP contribution in [0, 0.1) is 12.8 Å². The van der Waals surface area contributed by atoms with Crippen LogP contribution < -0.4 is 10.2 Å². The summed E-state index contributed by atoms with van der Waals surface area (Å²) < 4.78 is 7.18. The van der Waals surface area contributed by atoms with Crippen molar-refractivity contribution in [1.82, 2.24) is 15.1 Å². The van der Waals surface area contributed by atoms with Gasteiger partial charge in [-0.3, -0.25) is 14.3 Å². The van der Waals surface area contributed by atoms with Crippen LogP contribution in [0.1, 0.15) is 24.9 Å². The number of carbonyl (C=O) groups is 2. The molecule has 0 unspecified atom stereocenters. The van der Waals surface area contributed by atoms with Gasteiger partial charge in [0.15, 0.2) is 0 Å². The number of nitrogens with zero attached hydrogens (tertiary/aromatic N) is 3. The zero-order valence-corrected chi connectivity index (χ0v) is 13.3. The van der Waals surface area contributed by atoms with Crippen LogP contribution in [0.2, 0.25) is 0 Å². The van der Waals surface area contributed by atoms with Crippen LogP contribution in [-0.2, 0) is 22.7 Å². The Morgan fingerprint density at radius 1 is 1.48 bits per heavy atom. The number of nitrogens with one attached hydrogen (secondary N) is 1. The average Bonchev–Trinajstić information content (AvgIpc) is 3.24. The van der Waals surface area contributed by atoms with Crippen molar-refractivity contribution in [3.05, 3.63) is 36.0 Å². The fraction of sp³-hybridized carbons (Fsp3) is 0.438. The van der Waals surface area contributed by atoms with Crippen molar-refractivity contribution in [1.29, 1.82) is 0 Å². The summed E-state index contributed by atoms with van der Waals surface area (Å²) in [5.74, 6) is 1.00. The van der Waals surface area contributed by atoms with Gasteiger partial charge in [-0.2, -0.15) is 5.10 Å². The largest absolute Gasteiger partial charge is 0.465 e. The summed E-state index contributed by atoms with van der Waals surface area (Å²) in [5, 5.41) is 7.00. The number of hydrogen-bond donors (Lipinski definition) is 1. The fourth-order valence-electron chi connectivity index (χ4n) is 2.70. The minimum Gasteiger partial charge on any atom is -0.465 e. The van der Waals surface area contributed by atoms with Crippen molar-refractivity contribution in [3.8, 4) is 0 Å². The summed E-state index contributed by atoms with van der Waals surface area (Å²) in [6, 6.07) is 3.69. The van der Waals surface area contributed by atoms with E-state index < -0.39 is 0 Å². The molecule has 7 heteroatoms. The number of rotatable bonds is 5. The van der Waals surface area contributed by atoms with Gasteiger partial charge in [-0.25, -0.2) is 0 Å². The maximum atomic E-state index is 12.3. The first-order chi connectivity index (χ1) is 11.1. The van der Waals surface area contributed by atoms with Crippen molar-refractivity contribution in [2.45, 2.75) is 33.4 Å². The molecule has 0 spiro atoms. The normalized spacial score (nSPS) is 17.7. The van der Waals surface area contributed by atoms with E-state index in [2.05, 4.69) is 10.4 Å². The van der Waals surface area contributed by atoms with E-state index >= 15 is 0 Å². The predicted octanol–water partition coefficient (Wildman–Crippen LogP) is 1.47. The van der Waals surface area contributed by atoms with Gasteiger partial charge in [0, 0.05) is 25.7 Å². The molecule has 0 aliphatic carbocycles. The highest BCUT2D eigenvalue weighted by Crippen LogP contribution is 2.24. The molecular formula is C16H20N4O3. The van der Waals surface area contributed by atoms with E-state index in [9.17, 15) is 9.59 Å². The zero-order chi connectivity index (χ0) is 16.4. The van der Waals surface area contributed by atoms with Gasteiger partial charge in [-0.1, -0.05) is 0 Å². The van der Waals surface area contributed by atoms with Crippen LogP contribution >= 0.6 is 0 Å². The molecule has 0 bridgehead atoms. The Labute approximate surface area is 134 Å². The summed E-state index contributed by atoms with van der Waals surface area (Å²) in [4.78, 5) is 26.0. The van der Waals surface area contributed by atoms with Crippen molar-refractivity contribution in [2.75, 3.05) is 11.4 Å². The maximum Gasteiger partial charge on any atom is 0.227 e. The van der Waals surface area contributed by atoms with Crippen LogP contribution in [0.5, 0.6) is 0 Å². The van der Waals surface area contributed by atoms with Gasteiger partial charge in [-0.05, 0) is 26.0 Å². The van der Waals surface area contributed by atoms with Crippen LogP contribution in [-0.4, -0.2) is 28.1 Å². The van der Waals surface area contributed by atoms with Crippen LogP contribution in [0.3, 0.4) is 0 Å². The minimum absolute atomic E-state index is 0.0466. The first-order valence-corrected chi connectivity index (χ1v) is 7.72. The van der Waals surface area contributed by atoms with E-state index in [1.165, 1.54) is 0 Å². The molecule has 1 saturated heterocycles. The lowest BCUT2D eigenvalue weighted by atomic mass is 10.1. The molecule has 0 saturated carbocycles. The maximum absolute atomic E-state index is 12.3. The smallest absolute Gasteiger partial charge is 0.227 e. The van der Waals surface area contributed by atoms with E-state index in [1.807, 2.05) is 32.2 Å². The Hall–Kier alpha value is -2.57. The highest BCUT2D eigenvalue weighted by Gasteiger charge is 2.35. The molecule has 1 aliphatic heterocycles. The number of aromatic nitrogens is 2. The Balaban J connectivity index is 1.59. The monoisotopic (exact) mass is 316 g/mol. The number of carbonyl (C=O) groups excluding carboxylic acids is 2. The summed E-state index contributed by atoms with van der Waals surface area (Å²) in [5.41, 5.74) is 0.744. The second-order valence-corrected chi connectivity index (χ2v) is 5.69. The van der Waals surface area contributed by atoms with Crippen molar-refractivity contribution >= 4 is 17.5 Å². The SMILES string of the molecule is CCn1cc(N2C[C@H](C(=O)NCc3ccc(C)o3)CC2=O)cn1. The molecule has 2 aromatic rings. The van der Waals surface area contributed by atoms with E-state index in [4.69, 9.17) is 4.42 Å². The highest BCUT2D eigenvalue weighted by atomic mass is 16.3. The van der Waals surface area contributed by atoms with Crippen LogP contribution in [0.25, 0.3) is 0 Å². The molecule has 1 atom stereocenters. The van der Waals surface area contributed by atoms with Crippen molar-refractivity contribution in [3.63, 3.8) is 0 Å². The Morgan fingerprint density at radius 3 is 2.96 bits per heavy atom. The summed E-state index contributed by atoms with van der Waals surface area (Å²) >= 11 is 0. The molecule has 2 aromatic heterocycles. The molecule has 0 radical (unpaired) electrons. The van der Waals surface area contributed by atoms with Crippen LogP contribution in [0.15, 0.2) is 28.9 Å². The molecule has 1 fully saturated rings. The number of anilines is 1. The quantitative estimate of drug-likeness (QED) is 0.906. The molecule has 1 aliphatic rings. The predicted molar refractivity (Wildman–Crippen MR) is 83.7 cm³/mol. The number of aryl methyl sites for hydroxylation is 2. The molecule has 122 valence electrons. The lowest BCUT2D eigenvalue weighted by Gasteiger charge is -2.14. The van der Waals surface area contributed by atoms with Crippen molar-refractivity contribution < 1.29 is 14.0 Å². The summed E-state index contributed by atoms with van der Waals surface area (Å²) in [6.45, 7) is 5.31. The zero-order valence-electron chi connectivity index (χ0n) is 13.3. The molecule has 3 rings (SSSR count). The Bertz CT molecular complexity index is 718. The molecular weight excluding hydrogens is 296 g/mol.